The van der Waals surface area contributed by atoms with Crippen LogP contribution in [-0.4, -0.2) is 37.0 Å². The van der Waals surface area contributed by atoms with Gasteiger partial charge in [0.05, 0.1) is 11.3 Å². The first-order valence-electron chi connectivity index (χ1n) is 7.20. The van der Waals surface area contributed by atoms with Gasteiger partial charge in [0.1, 0.15) is 0 Å². The lowest BCUT2D eigenvalue weighted by atomic mass is 10.1. The van der Waals surface area contributed by atoms with Gasteiger partial charge in [-0.25, -0.2) is 0 Å². The lowest BCUT2D eigenvalue weighted by Gasteiger charge is -2.19. The van der Waals surface area contributed by atoms with Crippen LogP contribution < -0.4 is 16.6 Å². The molecule has 0 saturated heterocycles. The number of hydrazine groups is 1. The molecule has 1 aromatic carbocycles. The monoisotopic (exact) mass is 278 g/mol. The molecule has 0 unspecified atom stereocenters. The fourth-order valence-corrected chi connectivity index (χ4v) is 2.14. The van der Waals surface area contributed by atoms with Crippen LogP contribution in [-0.2, 0) is 0 Å². The molecule has 5 nitrogen and oxygen atoms in total. The van der Waals surface area contributed by atoms with Crippen LogP contribution >= 0.6 is 0 Å². The number of nitrogens with two attached hydrogens (primary N) is 1. The van der Waals surface area contributed by atoms with E-state index >= 15 is 0 Å². The van der Waals surface area contributed by atoms with Crippen molar-refractivity contribution in [2.24, 2.45) is 5.84 Å². The van der Waals surface area contributed by atoms with E-state index < -0.39 is 0 Å². The third kappa shape index (κ3) is 4.83. The Morgan fingerprint density at radius 2 is 2.05 bits per heavy atom. The molecule has 112 valence electrons. The minimum atomic E-state index is -0.0921. The van der Waals surface area contributed by atoms with E-state index in [-0.39, 0.29) is 5.91 Å². The lowest BCUT2D eigenvalue weighted by molar-refractivity contribution is 0.0949. The van der Waals surface area contributed by atoms with Crippen molar-refractivity contribution in [3.8, 4) is 0 Å². The Morgan fingerprint density at radius 1 is 1.30 bits per heavy atom. The van der Waals surface area contributed by atoms with Crippen molar-refractivity contribution in [3.63, 3.8) is 0 Å². The fourth-order valence-electron chi connectivity index (χ4n) is 2.14. The molecule has 5 heteroatoms. The molecule has 1 rings (SSSR count). The maximum absolute atomic E-state index is 12.1. The van der Waals surface area contributed by atoms with E-state index in [1.807, 2.05) is 19.1 Å². The normalized spacial score (nSPS) is 10.7. The van der Waals surface area contributed by atoms with Crippen molar-refractivity contribution in [1.29, 1.82) is 0 Å². The number of benzene rings is 1. The standard InChI is InChI=1S/C15H26N4O/c1-4-9-19(5-2)10-8-17-15(20)13-7-6-12(3)11-14(13)18-16/h6-7,11,18H,4-5,8-10,16H2,1-3H3,(H,17,20). The van der Waals surface area contributed by atoms with Gasteiger partial charge in [0, 0.05) is 13.1 Å². The van der Waals surface area contributed by atoms with Crippen LogP contribution in [0.1, 0.15) is 36.2 Å². The molecule has 0 spiro atoms. The third-order valence-electron chi connectivity index (χ3n) is 3.28. The molecule has 0 heterocycles. The second-order valence-corrected chi connectivity index (χ2v) is 4.88. The molecule has 0 aliphatic heterocycles. The summed E-state index contributed by atoms with van der Waals surface area (Å²) in [5, 5.41) is 2.94. The Morgan fingerprint density at radius 3 is 2.65 bits per heavy atom. The molecule has 1 amide bonds. The number of carbonyl (C=O) groups excluding carboxylic acids is 1. The summed E-state index contributed by atoms with van der Waals surface area (Å²) >= 11 is 0. The Labute approximate surface area is 121 Å². The quantitative estimate of drug-likeness (QED) is 0.500. The van der Waals surface area contributed by atoms with Gasteiger partial charge in [-0.05, 0) is 44.1 Å². The molecule has 0 atom stereocenters. The number of aryl methyl sites for hydroxylation is 1. The number of hydrogen-bond donors (Lipinski definition) is 3. The van der Waals surface area contributed by atoms with E-state index in [1.165, 1.54) is 0 Å². The molecule has 0 saturated carbocycles. The van der Waals surface area contributed by atoms with Crippen molar-refractivity contribution in [2.45, 2.75) is 27.2 Å². The summed E-state index contributed by atoms with van der Waals surface area (Å²) in [5.74, 6) is 5.36. The van der Waals surface area contributed by atoms with Gasteiger partial charge in [0.2, 0.25) is 0 Å². The summed E-state index contributed by atoms with van der Waals surface area (Å²) in [6.07, 6.45) is 1.13. The number of nitrogens with zero attached hydrogens (tertiary/aromatic N) is 1. The molecule has 4 N–H and O–H groups in total. The zero-order chi connectivity index (χ0) is 15.0. The summed E-state index contributed by atoms with van der Waals surface area (Å²) in [7, 11) is 0. The fraction of sp³-hybridized carbons (Fsp3) is 0.533. The molecule has 0 bridgehead atoms. The highest BCUT2D eigenvalue weighted by molar-refractivity contribution is 5.99. The highest BCUT2D eigenvalue weighted by Crippen LogP contribution is 2.16. The van der Waals surface area contributed by atoms with Crippen LogP contribution in [0.5, 0.6) is 0 Å². The average Bonchev–Trinajstić information content (AvgIpc) is 2.45. The van der Waals surface area contributed by atoms with E-state index in [0.717, 1.165) is 31.6 Å². The Balaban J connectivity index is 2.54. The zero-order valence-electron chi connectivity index (χ0n) is 12.7. The summed E-state index contributed by atoms with van der Waals surface area (Å²) in [6, 6.07) is 5.57. The van der Waals surface area contributed by atoms with E-state index in [2.05, 4.69) is 29.5 Å². The number of nitrogens with one attached hydrogen (secondary N) is 2. The maximum Gasteiger partial charge on any atom is 0.253 e. The first-order valence-corrected chi connectivity index (χ1v) is 7.20. The van der Waals surface area contributed by atoms with Gasteiger partial charge in [-0.2, -0.15) is 0 Å². The number of anilines is 1. The number of rotatable bonds is 8. The number of carbonyl (C=O) groups is 1. The van der Waals surface area contributed by atoms with Gasteiger partial charge in [0.15, 0.2) is 0 Å². The lowest BCUT2D eigenvalue weighted by Crippen LogP contribution is -2.35. The predicted molar refractivity (Wildman–Crippen MR) is 83.7 cm³/mol. The number of nitrogen functional groups attached to an aromatic ring is 1. The Bertz CT molecular complexity index is 434. The maximum atomic E-state index is 12.1. The van der Waals surface area contributed by atoms with Gasteiger partial charge in [-0.1, -0.05) is 19.9 Å². The van der Waals surface area contributed by atoms with Crippen molar-refractivity contribution in [1.82, 2.24) is 10.2 Å². The van der Waals surface area contributed by atoms with E-state index in [0.29, 0.717) is 17.8 Å². The van der Waals surface area contributed by atoms with Gasteiger partial charge in [0.25, 0.3) is 5.91 Å². The molecule has 0 aliphatic rings. The highest BCUT2D eigenvalue weighted by Gasteiger charge is 2.11. The first kappa shape index (κ1) is 16.5. The minimum Gasteiger partial charge on any atom is -0.351 e. The van der Waals surface area contributed by atoms with Crippen LogP contribution in [0, 0.1) is 6.92 Å². The van der Waals surface area contributed by atoms with Gasteiger partial charge >= 0.3 is 0 Å². The van der Waals surface area contributed by atoms with Crippen LogP contribution in [0.15, 0.2) is 18.2 Å². The topological polar surface area (TPSA) is 70.4 Å². The molecule has 0 radical (unpaired) electrons. The van der Waals surface area contributed by atoms with Crippen molar-refractivity contribution >= 4 is 11.6 Å². The molecule has 0 aliphatic carbocycles. The van der Waals surface area contributed by atoms with E-state index in [9.17, 15) is 4.79 Å². The van der Waals surface area contributed by atoms with E-state index in [1.54, 1.807) is 6.07 Å². The van der Waals surface area contributed by atoms with Gasteiger partial charge in [-0.3, -0.25) is 10.6 Å². The van der Waals surface area contributed by atoms with E-state index in [4.69, 9.17) is 5.84 Å². The molecule has 1 aromatic rings. The second-order valence-electron chi connectivity index (χ2n) is 4.88. The van der Waals surface area contributed by atoms with Crippen molar-refractivity contribution in [2.75, 3.05) is 31.6 Å². The summed E-state index contributed by atoms with van der Waals surface area (Å²) in [5.41, 5.74) is 4.88. The predicted octanol–water partition coefficient (Wildman–Crippen LogP) is 1.74. The Hall–Kier alpha value is -1.59. The Kier molecular flexibility index (Phi) is 7.04. The smallest absolute Gasteiger partial charge is 0.253 e. The van der Waals surface area contributed by atoms with Crippen LogP contribution in [0.4, 0.5) is 5.69 Å². The van der Waals surface area contributed by atoms with Crippen LogP contribution in [0.25, 0.3) is 0 Å². The summed E-state index contributed by atoms with van der Waals surface area (Å²) < 4.78 is 0. The largest absolute Gasteiger partial charge is 0.351 e. The van der Waals surface area contributed by atoms with Gasteiger partial charge < -0.3 is 15.6 Å². The second kappa shape index (κ2) is 8.55. The van der Waals surface area contributed by atoms with Crippen LogP contribution in [0.2, 0.25) is 0 Å². The molecular formula is C15H26N4O. The van der Waals surface area contributed by atoms with Gasteiger partial charge in [-0.15, -0.1) is 0 Å². The zero-order valence-corrected chi connectivity index (χ0v) is 12.7. The summed E-state index contributed by atoms with van der Waals surface area (Å²) in [4.78, 5) is 14.5. The molecule has 0 aromatic heterocycles. The molecule has 20 heavy (non-hydrogen) atoms. The highest BCUT2D eigenvalue weighted by atomic mass is 16.1. The SMILES string of the molecule is CCCN(CC)CCNC(=O)c1ccc(C)cc1NN. The first-order chi connectivity index (χ1) is 9.62. The summed E-state index contributed by atoms with van der Waals surface area (Å²) in [6.45, 7) is 9.83. The van der Waals surface area contributed by atoms with Crippen molar-refractivity contribution in [3.05, 3.63) is 29.3 Å². The number of likely N-dealkylation sites (N-methyl/N-ethyl adjacent to an activating group) is 1. The minimum absolute atomic E-state index is 0.0921. The molecular weight excluding hydrogens is 252 g/mol. The van der Waals surface area contributed by atoms with Crippen molar-refractivity contribution < 1.29 is 4.79 Å². The number of amides is 1. The third-order valence-corrected chi connectivity index (χ3v) is 3.28. The van der Waals surface area contributed by atoms with Crippen LogP contribution in [0.3, 0.4) is 0 Å². The average molecular weight is 278 g/mol. The molecule has 0 fully saturated rings. The number of hydrogen-bond acceptors (Lipinski definition) is 4.